The van der Waals surface area contributed by atoms with Crippen molar-refractivity contribution in [3.8, 4) is 5.69 Å². The fraction of sp³-hybridized carbons (Fsp3) is 0.368. The lowest BCUT2D eigenvalue weighted by atomic mass is 10.3. The van der Waals surface area contributed by atoms with E-state index in [9.17, 15) is 4.79 Å². The first kappa shape index (κ1) is 17.8. The molecule has 7 nitrogen and oxygen atoms in total. The van der Waals surface area contributed by atoms with Crippen LogP contribution < -0.4 is 0 Å². The van der Waals surface area contributed by atoms with Crippen LogP contribution in [-0.2, 0) is 6.54 Å². The number of benzene rings is 1. The third-order valence-corrected chi connectivity index (χ3v) is 5.45. The quantitative estimate of drug-likeness (QED) is 0.693. The predicted molar refractivity (Wildman–Crippen MR) is 104 cm³/mol. The molecule has 0 saturated carbocycles. The molecule has 0 aliphatic carbocycles. The molecular weight excluding hydrogens is 360 g/mol. The lowest BCUT2D eigenvalue weighted by Gasteiger charge is -2.20. The minimum atomic E-state index is -0.0363. The molecule has 4 rings (SSSR count). The van der Waals surface area contributed by atoms with Crippen LogP contribution in [0.2, 0.25) is 0 Å². The van der Waals surface area contributed by atoms with E-state index in [2.05, 4.69) is 20.1 Å². The van der Waals surface area contributed by atoms with Gasteiger partial charge in [-0.25, -0.2) is 4.98 Å². The van der Waals surface area contributed by atoms with Crippen LogP contribution in [0.15, 0.2) is 41.9 Å². The summed E-state index contributed by atoms with van der Waals surface area (Å²) in [4.78, 5) is 23.2. The number of para-hydroxylation sites is 1. The summed E-state index contributed by atoms with van der Waals surface area (Å²) < 4.78 is 0. The third-order valence-electron chi connectivity index (χ3n) is 4.69. The average Bonchev–Trinajstić information content (AvgIpc) is 3.27. The van der Waals surface area contributed by atoms with Crippen molar-refractivity contribution in [2.45, 2.75) is 19.9 Å². The zero-order valence-electron chi connectivity index (χ0n) is 15.3. The van der Waals surface area contributed by atoms with E-state index >= 15 is 0 Å². The van der Waals surface area contributed by atoms with Gasteiger partial charge in [-0.2, -0.15) is 9.90 Å². The van der Waals surface area contributed by atoms with Crippen molar-refractivity contribution >= 4 is 17.2 Å². The van der Waals surface area contributed by atoms with E-state index in [1.807, 2.05) is 53.7 Å². The average molecular weight is 382 g/mol. The van der Waals surface area contributed by atoms with Gasteiger partial charge in [-0.1, -0.05) is 18.2 Å². The highest BCUT2D eigenvalue weighted by atomic mass is 32.1. The van der Waals surface area contributed by atoms with E-state index in [0.717, 1.165) is 43.3 Å². The molecule has 1 saturated heterocycles. The molecule has 8 heteroatoms. The fourth-order valence-electron chi connectivity index (χ4n) is 3.26. The number of aromatic nitrogens is 4. The van der Waals surface area contributed by atoms with Gasteiger partial charge in [0.25, 0.3) is 5.91 Å². The second-order valence-electron chi connectivity index (χ2n) is 6.61. The fourth-order valence-corrected chi connectivity index (χ4v) is 3.92. The molecule has 3 heterocycles. The number of amides is 1. The Morgan fingerprint density at radius 3 is 2.74 bits per heavy atom. The van der Waals surface area contributed by atoms with Crippen LogP contribution in [0.1, 0.15) is 27.6 Å². The molecule has 0 spiro atoms. The van der Waals surface area contributed by atoms with Gasteiger partial charge < -0.3 is 4.90 Å². The first-order chi connectivity index (χ1) is 13.2. The summed E-state index contributed by atoms with van der Waals surface area (Å²) in [6.45, 7) is 5.94. The van der Waals surface area contributed by atoms with Crippen molar-refractivity contribution in [2.24, 2.45) is 0 Å². The molecule has 0 N–H and O–H groups in total. The van der Waals surface area contributed by atoms with Crippen molar-refractivity contribution in [1.29, 1.82) is 0 Å². The van der Waals surface area contributed by atoms with Crippen LogP contribution in [0, 0.1) is 6.92 Å². The van der Waals surface area contributed by atoms with Crippen LogP contribution in [-0.4, -0.2) is 61.9 Å². The second-order valence-corrected chi connectivity index (χ2v) is 7.59. The van der Waals surface area contributed by atoms with Gasteiger partial charge in [0, 0.05) is 37.8 Å². The van der Waals surface area contributed by atoms with Crippen molar-refractivity contribution in [2.75, 3.05) is 26.2 Å². The van der Waals surface area contributed by atoms with Gasteiger partial charge in [0.05, 0.1) is 17.9 Å². The molecule has 3 aromatic rings. The van der Waals surface area contributed by atoms with Crippen LogP contribution >= 0.6 is 11.3 Å². The topological polar surface area (TPSA) is 67.2 Å². The van der Waals surface area contributed by atoms with E-state index in [-0.39, 0.29) is 5.91 Å². The molecule has 1 aliphatic heterocycles. The molecular formula is C19H22N6OS. The van der Waals surface area contributed by atoms with Gasteiger partial charge >= 0.3 is 0 Å². The summed E-state index contributed by atoms with van der Waals surface area (Å²) in [5.41, 5.74) is 1.95. The third kappa shape index (κ3) is 4.06. The number of carbonyl (C=O) groups is 1. The number of hydrogen-bond donors (Lipinski definition) is 0. The van der Waals surface area contributed by atoms with Crippen molar-refractivity contribution in [3.63, 3.8) is 0 Å². The smallest absolute Gasteiger partial charge is 0.276 e. The molecule has 0 radical (unpaired) electrons. The molecule has 2 aromatic heterocycles. The number of thiazole rings is 1. The Morgan fingerprint density at radius 2 is 1.96 bits per heavy atom. The summed E-state index contributed by atoms with van der Waals surface area (Å²) in [7, 11) is 0. The van der Waals surface area contributed by atoms with Gasteiger partial charge in [0.1, 0.15) is 5.01 Å². The predicted octanol–water partition coefficient (Wildman–Crippen LogP) is 2.38. The first-order valence-electron chi connectivity index (χ1n) is 9.10. The molecule has 1 aromatic carbocycles. The van der Waals surface area contributed by atoms with Gasteiger partial charge in [0.2, 0.25) is 0 Å². The van der Waals surface area contributed by atoms with E-state index in [1.165, 1.54) is 4.80 Å². The lowest BCUT2D eigenvalue weighted by Crippen LogP contribution is -2.35. The largest absolute Gasteiger partial charge is 0.336 e. The molecule has 1 amide bonds. The molecule has 0 unspecified atom stereocenters. The van der Waals surface area contributed by atoms with Gasteiger partial charge in [0.15, 0.2) is 5.69 Å². The van der Waals surface area contributed by atoms with Gasteiger partial charge in [-0.3, -0.25) is 9.69 Å². The number of nitrogens with zero attached hydrogens (tertiary/aromatic N) is 6. The SMILES string of the molecule is Cc1nn(-c2ccccc2)nc1C(=O)N1CCCN(Cc2nccs2)CC1. The first-order valence-corrected chi connectivity index (χ1v) is 9.98. The normalized spacial score (nSPS) is 15.7. The Balaban J connectivity index is 1.44. The van der Waals surface area contributed by atoms with E-state index < -0.39 is 0 Å². The van der Waals surface area contributed by atoms with E-state index in [4.69, 9.17) is 0 Å². The van der Waals surface area contributed by atoms with Crippen LogP contribution in [0.4, 0.5) is 0 Å². The highest BCUT2D eigenvalue weighted by molar-refractivity contribution is 7.09. The van der Waals surface area contributed by atoms with Gasteiger partial charge in [-0.15, -0.1) is 16.4 Å². The number of carbonyl (C=O) groups excluding carboxylic acids is 1. The maximum absolute atomic E-state index is 13.0. The molecule has 140 valence electrons. The summed E-state index contributed by atoms with van der Waals surface area (Å²) in [6.07, 6.45) is 2.79. The Hall–Kier alpha value is -2.58. The number of hydrogen-bond acceptors (Lipinski definition) is 6. The zero-order valence-corrected chi connectivity index (χ0v) is 16.1. The molecule has 1 aliphatic rings. The number of aryl methyl sites for hydroxylation is 1. The summed E-state index contributed by atoms with van der Waals surface area (Å²) in [6, 6.07) is 9.66. The Bertz CT molecular complexity index is 892. The summed E-state index contributed by atoms with van der Waals surface area (Å²) in [5.74, 6) is -0.0363. The standard InChI is InChI=1S/C19H22N6OS/c1-15-18(22-25(21-15)16-6-3-2-4-7-16)19(26)24-10-5-9-23(11-12-24)14-17-20-8-13-27-17/h2-4,6-8,13H,5,9-12,14H2,1H3. The van der Waals surface area contributed by atoms with Crippen molar-refractivity contribution in [1.82, 2.24) is 29.8 Å². The minimum absolute atomic E-state index is 0.0363. The minimum Gasteiger partial charge on any atom is -0.336 e. The van der Waals surface area contributed by atoms with Crippen LogP contribution in [0.3, 0.4) is 0 Å². The summed E-state index contributed by atoms with van der Waals surface area (Å²) >= 11 is 1.68. The van der Waals surface area contributed by atoms with Crippen LogP contribution in [0.25, 0.3) is 5.69 Å². The second kappa shape index (κ2) is 7.98. The van der Waals surface area contributed by atoms with Gasteiger partial charge in [-0.05, 0) is 25.5 Å². The highest BCUT2D eigenvalue weighted by Gasteiger charge is 2.25. The number of rotatable bonds is 4. The highest BCUT2D eigenvalue weighted by Crippen LogP contribution is 2.14. The lowest BCUT2D eigenvalue weighted by molar-refractivity contribution is 0.0754. The molecule has 0 atom stereocenters. The zero-order chi connectivity index (χ0) is 18.6. The Labute approximate surface area is 162 Å². The maximum Gasteiger partial charge on any atom is 0.276 e. The molecule has 1 fully saturated rings. The molecule has 27 heavy (non-hydrogen) atoms. The summed E-state index contributed by atoms with van der Waals surface area (Å²) in [5, 5.41) is 12.0. The van der Waals surface area contributed by atoms with Crippen LogP contribution in [0.5, 0.6) is 0 Å². The van der Waals surface area contributed by atoms with Crippen molar-refractivity contribution in [3.05, 3.63) is 58.3 Å². The Kier molecular flexibility index (Phi) is 5.26. The maximum atomic E-state index is 13.0. The monoisotopic (exact) mass is 382 g/mol. The van der Waals surface area contributed by atoms with Crippen molar-refractivity contribution < 1.29 is 4.79 Å². The van der Waals surface area contributed by atoms with E-state index in [1.54, 1.807) is 11.3 Å². The van der Waals surface area contributed by atoms with E-state index in [0.29, 0.717) is 17.9 Å². The molecule has 0 bridgehead atoms. The Morgan fingerprint density at radius 1 is 1.11 bits per heavy atom.